The predicted octanol–water partition coefficient (Wildman–Crippen LogP) is 4.57. The van der Waals surface area contributed by atoms with E-state index in [1.54, 1.807) is 12.5 Å². The van der Waals surface area contributed by atoms with Crippen molar-refractivity contribution in [3.05, 3.63) is 42.5 Å². The summed E-state index contributed by atoms with van der Waals surface area (Å²) in [7, 11) is 0. The van der Waals surface area contributed by atoms with E-state index in [9.17, 15) is 0 Å². The van der Waals surface area contributed by atoms with E-state index < -0.39 is 0 Å². The fourth-order valence-electron chi connectivity index (χ4n) is 2.42. The summed E-state index contributed by atoms with van der Waals surface area (Å²) in [6, 6.07) is 1.98. The minimum absolute atomic E-state index is 0.484. The SMILES string of the molecule is C=Nc1cnc(-c2[nH]cnc2C2=CC=CCC2)cc1SCN.CC. The van der Waals surface area contributed by atoms with Gasteiger partial charge in [-0.1, -0.05) is 32.1 Å². The van der Waals surface area contributed by atoms with E-state index in [1.165, 1.54) is 17.3 Å². The van der Waals surface area contributed by atoms with Gasteiger partial charge in [-0.3, -0.25) is 9.98 Å². The third kappa shape index (κ3) is 4.01. The lowest BCUT2D eigenvalue weighted by molar-refractivity contribution is 1.04. The van der Waals surface area contributed by atoms with Crippen LogP contribution in [-0.2, 0) is 0 Å². The summed E-state index contributed by atoms with van der Waals surface area (Å²) in [6.07, 6.45) is 11.8. The van der Waals surface area contributed by atoms with Crippen LogP contribution in [0, 0.1) is 0 Å². The van der Waals surface area contributed by atoms with Crippen molar-refractivity contribution in [2.24, 2.45) is 10.7 Å². The van der Waals surface area contributed by atoms with Crippen molar-refractivity contribution in [1.29, 1.82) is 0 Å². The van der Waals surface area contributed by atoms with Gasteiger partial charge < -0.3 is 10.7 Å². The van der Waals surface area contributed by atoms with Crippen molar-refractivity contribution in [2.75, 3.05) is 5.88 Å². The lowest BCUT2D eigenvalue weighted by atomic mass is 10.00. The van der Waals surface area contributed by atoms with E-state index in [1.807, 2.05) is 19.9 Å². The molecule has 0 radical (unpaired) electrons. The van der Waals surface area contributed by atoms with Gasteiger partial charge in [-0.25, -0.2) is 4.98 Å². The monoisotopic (exact) mass is 341 g/mol. The van der Waals surface area contributed by atoms with E-state index in [2.05, 4.69) is 44.9 Å². The van der Waals surface area contributed by atoms with Crippen LogP contribution in [0.2, 0.25) is 0 Å². The van der Waals surface area contributed by atoms with Gasteiger partial charge in [0.05, 0.1) is 35.3 Å². The maximum atomic E-state index is 5.64. The summed E-state index contributed by atoms with van der Waals surface area (Å²) < 4.78 is 0. The molecule has 24 heavy (non-hydrogen) atoms. The van der Waals surface area contributed by atoms with Crippen molar-refractivity contribution < 1.29 is 0 Å². The maximum absolute atomic E-state index is 5.64. The van der Waals surface area contributed by atoms with Gasteiger partial charge in [0.15, 0.2) is 0 Å². The first-order valence-corrected chi connectivity index (χ1v) is 9.01. The molecule has 2 aromatic rings. The van der Waals surface area contributed by atoms with E-state index in [-0.39, 0.29) is 0 Å². The predicted molar refractivity (Wildman–Crippen MR) is 104 cm³/mol. The van der Waals surface area contributed by atoms with Gasteiger partial charge >= 0.3 is 0 Å². The molecular formula is C18H23N5S. The third-order valence-corrected chi connectivity index (χ3v) is 4.27. The largest absolute Gasteiger partial charge is 0.343 e. The van der Waals surface area contributed by atoms with Crippen molar-refractivity contribution in [2.45, 2.75) is 31.6 Å². The Kier molecular flexibility index (Phi) is 6.96. The summed E-state index contributed by atoms with van der Waals surface area (Å²) in [5.41, 5.74) is 10.3. The van der Waals surface area contributed by atoms with Crippen molar-refractivity contribution in [1.82, 2.24) is 15.0 Å². The molecule has 3 rings (SSSR count). The molecule has 0 fully saturated rings. The van der Waals surface area contributed by atoms with Gasteiger partial charge in [0.1, 0.15) is 0 Å². The number of aliphatic imine (C=N–C) groups is 1. The number of nitrogens with one attached hydrogen (secondary N) is 1. The Balaban J connectivity index is 0.00000100. The zero-order valence-electron chi connectivity index (χ0n) is 14.1. The summed E-state index contributed by atoms with van der Waals surface area (Å²) >= 11 is 1.52. The third-order valence-electron chi connectivity index (χ3n) is 3.47. The number of thioether (sulfide) groups is 1. The Bertz CT molecular complexity index is 746. The van der Waals surface area contributed by atoms with Gasteiger partial charge in [-0.15, -0.1) is 11.8 Å². The highest BCUT2D eigenvalue weighted by Crippen LogP contribution is 2.34. The van der Waals surface area contributed by atoms with Crippen LogP contribution in [0.25, 0.3) is 17.0 Å². The van der Waals surface area contributed by atoms with Crippen LogP contribution in [0.15, 0.2) is 46.7 Å². The molecule has 3 N–H and O–H groups in total. The number of H-pyrrole nitrogens is 1. The number of imidazole rings is 1. The van der Waals surface area contributed by atoms with Crippen LogP contribution < -0.4 is 5.73 Å². The molecular weight excluding hydrogens is 318 g/mol. The summed E-state index contributed by atoms with van der Waals surface area (Å²) in [6.45, 7) is 7.58. The van der Waals surface area contributed by atoms with E-state index in [4.69, 9.17) is 5.73 Å². The molecule has 0 aliphatic heterocycles. The van der Waals surface area contributed by atoms with Crippen LogP contribution >= 0.6 is 11.8 Å². The minimum atomic E-state index is 0.484. The van der Waals surface area contributed by atoms with Crippen LogP contribution in [0.4, 0.5) is 5.69 Å². The van der Waals surface area contributed by atoms with Gasteiger partial charge in [0, 0.05) is 10.8 Å². The fourth-order valence-corrected chi connectivity index (χ4v) is 3.06. The normalized spacial score (nSPS) is 13.0. The molecule has 0 aromatic carbocycles. The molecule has 2 aromatic heterocycles. The van der Waals surface area contributed by atoms with Gasteiger partial charge in [0.2, 0.25) is 0 Å². The number of allylic oxidation sites excluding steroid dienone is 4. The molecule has 1 aliphatic carbocycles. The summed E-state index contributed by atoms with van der Waals surface area (Å²) in [5, 5.41) is 0. The molecule has 0 saturated heterocycles. The number of hydrogen-bond donors (Lipinski definition) is 2. The fraction of sp³-hybridized carbons (Fsp3) is 0.278. The number of aromatic amines is 1. The lowest BCUT2D eigenvalue weighted by Gasteiger charge is -2.10. The smallest absolute Gasteiger partial charge is 0.0942 e. The molecule has 0 spiro atoms. The minimum Gasteiger partial charge on any atom is -0.343 e. The van der Waals surface area contributed by atoms with Crippen molar-refractivity contribution in [3.8, 4) is 11.4 Å². The molecule has 6 heteroatoms. The average molecular weight is 341 g/mol. The van der Waals surface area contributed by atoms with Gasteiger partial charge in [-0.2, -0.15) is 0 Å². The number of hydrogen-bond acceptors (Lipinski definition) is 5. The molecule has 0 amide bonds. The number of rotatable bonds is 5. The zero-order valence-corrected chi connectivity index (χ0v) is 14.9. The summed E-state index contributed by atoms with van der Waals surface area (Å²) in [4.78, 5) is 17.1. The average Bonchev–Trinajstić information content (AvgIpc) is 3.14. The Morgan fingerprint density at radius 1 is 1.38 bits per heavy atom. The van der Waals surface area contributed by atoms with Crippen molar-refractivity contribution in [3.63, 3.8) is 0 Å². The second-order valence-corrected chi connectivity index (χ2v) is 5.85. The molecule has 2 heterocycles. The molecule has 0 bridgehead atoms. The second kappa shape index (κ2) is 9.20. The van der Waals surface area contributed by atoms with E-state index in [0.717, 1.165) is 40.5 Å². The Morgan fingerprint density at radius 3 is 2.88 bits per heavy atom. The first-order chi connectivity index (χ1) is 11.8. The second-order valence-electron chi connectivity index (χ2n) is 4.79. The first kappa shape index (κ1) is 18.2. The number of aromatic nitrogens is 3. The zero-order chi connectivity index (χ0) is 17.4. The van der Waals surface area contributed by atoms with E-state index in [0.29, 0.717) is 5.88 Å². The number of nitrogens with zero attached hydrogens (tertiary/aromatic N) is 3. The van der Waals surface area contributed by atoms with Crippen LogP contribution in [-0.4, -0.2) is 27.5 Å². The quantitative estimate of drug-likeness (QED) is 0.474. The standard InChI is InChI=1S/C16H17N5S.C2H6/c1-18-13-8-19-12(7-14(13)22-9-17)16-15(20-10-21-16)11-5-3-2-4-6-11;1-2/h2-3,5,7-8,10H,1,4,6,9,17H2,(H,20,21);1-2H3. The van der Waals surface area contributed by atoms with Crippen molar-refractivity contribution >= 4 is 29.7 Å². The Morgan fingerprint density at radius 2 is 2.21 bits per heavy atom. The molecule has 126 valence electrons. The van der Waals surface area contributed by atoms with Crippen LogP contribution in [0.3, 0.4) is 0 Å². The van der Waals surface area contributed by atoms with Crippen LogP contribution in [0.5, 0.6) is 0 Å². The number of pyridine rings is 1. The summed E-state index contributed by atoms with van der Waals surface area (Å²) in [5.74, 6) is 0.484. The highest BCUT2D eigenvalue weighted by molar-refractivity contribution is 7.99. The first-order valence-electron chi connectivity index (χ1n) is 8.03. The van der Waals surface area contributed by atoms with E-state index >= 15 is 0 Å². The highest BCUT2D eigenvalue weighted by Gasteiger charge is 2.15. The lowest BCUT2D eigenvalue weighted by Crippen LogP contribution is -1.95. The molecule has 0 saturated carbocycles. The highest BCUT2D eigenvalue weighted by atomic mass is 32.2. The topological polar surface area (TPSA) is 80.0 Å². The van der Waals surface area contributed by atoms with Gasteiger partial charge in [0.25, 0.3) is 0 Å². The number of nitrogens with two attached hydrogens (primary N) is 1. The molecule has 5 nitrogen and oxygen atoms in total. The molecule has 0 atom stereocenters. The molecule has 1 aliphatic rings. The Labute approximate surface area is 147 Å². The van der Waals surface area contributed by atoms with Crippen LogP contribution in [0.1, 0.15) is 32.4 Å². The van der Waals surface area contributed by atoms with Gasteiger partial charge in [-0.05, 0) is 31.2 Å². The maximum Gasteiger partial charge on any atom is 0.0942 e. The molecule has 0 unspecified atom stereocenters. The Hall–Kier alpha value is -2.18.